The second-order valence-corrected chi connectivity index (χ2v) is 6.66. The smallest absolute Gasteiger partial charge is 0.149 e. The first-order valence-electron chi connectivity index (χ1n) is 8.84. The lowest BCUT2D eigenvalue weighted by molar-refractivity contribution is 0.227. The number of phenolic OH excluding ortho intramolecular Hbond substituents is 1. The van der Waals surface area contributed by atoms with Crippen LogP contribution in [0.1, 0.15) is 24.3 Å². The molecule has 0 aromatic heterocycles. The average molecular weight is 372 g/mol. The minimum absolute atomic E-state index is 0.139. The zero-order valence-corrected chi connectivity index (χ0v) is 14.8. The molecule has 0 saturated carbocycles. The van der Waals surface area contributed by atoms with E-state index in [-0.39, 0.29) is 11.4 Å². The van der Waals surface area contributed by atoms with Crippen LogP contribution in [0.5, 0.6) is 5.75 Å². The van der Waals surface area contributed by atoms with Gasteiger partial charge in [-0.15, -0.1) is 0 Å². The quantitative estimate of drug-likeness (QED) is 0.636. The van der Waals surface area contributed by atoms with E-state index >= 15 is 0 Å². The monoisotopic (exact) mass is 372 g/mol. The predicted octanol–water partition coefficient (Wildman–Crippen LogP) is 4.83. The van der Waals surface area contributed by atoms with Gasteiger partial charge in [0, 0.05) is 18.8 Å². The molecule has 7 heteroatoms. The highest BCUT2D eigenvalue weighted by Crippen LogP contribution is 2.30. The summed E-state index contributed by atoms with van der Waals surface area (Å²) in [6, 6.07) is 10.7. The minimum atomic E-state index is -0.692. The highest BCUT2D eigenvalue weighted by molar-refractivity contribution is 5.47. The molecule has 5 nitrogen and oxygen atoms in total. The van der Waals surface area contributed by atoms with Crippen LogP contribution in [0.3, 0.4) is 0 Å². The molecule has 3 rings (SSSR count). The molecule has 0 atom stereocenters. The summed E-state index contributed by atoms with van der Waals surface area (Å²) in [7, 11) is 0. The average Bonchev–Trinajstić information content (AvgIpc) is 2.67. The Bertz CT molecular complexity index is 832. The Morgan fingerprint density at radius 1 is 1.22 bits per heavy atom. The summed E-state index contributed by atoms with van der Waals surface area (Å²) in [6.07, 6.45) is 3.38. The number of hydrogen-bond donors (Lipinski definition) is 3. The van der Waals surface area contributed by atoms with Crippen molar-refractivity contribution in [1.29, 1.82) is 5.53 Å². The summed E-state index contributed by atoms with van der Waals surface area (Å²) >= 11 is 0. The number of phenols is 1. The number of hydrogen-bond acceptors (Lipinski definition) is 5. The van der Waals surface area contributed by atoms with E-state index in [1.807, 2.05) is 18.2 Å². The van der Waals surface area contributed by atoms with Crippen LogP contribution in [0.4, 0.5) is 14.5 Å². The van der Waals surface area contributed by atoms with Crippen LogP contribution in [-0.4, -0.2) is 29.6 Å². The van der Waals surface area contributed by atoms with Crippen molar-refractivity contribution in [3.8, 4) is 5.75 Å². The number of nitrogens with one attached hydrogen (secondary N) is 2. The van der Waals surface area contributed by atoms with Gasteiger partial charge in [0.2, 0.25) is 0 Å². The van der Waals surface area contributed by atoms with E-state index < -0.39 is 11.6 Å². The number of likely N-dealkylation sites (tertiary alicyclic amines) is 1. The number of aromatic hydroxyl groups is 1. The minimum Gasteiger partial charge on any atom is -0.508 e. The standard InChI is InChI=1S/C20H22F2N4O/c21-16-4-5-20(19(22)11-16)24-12-17(25-23)13-26-8-6-14(7-9-26)15-2-1-3-18(27)10-15/h1-5,10-12,14,23-24,27H,6-9,13H2/b17-12-,25-23?. The molecule has 1 saturated heterocycles. The van der Waals surface area contributed by atoms with E-state index in [9.17, 15) is 13.9 Å². The zero-order valence-electron chi connectivity index (χ0n) is 14.8. The lowest BCUT2D eigenvalue weighted by atomic mass is 9.89. The molecule has 0 radical (unpaired) electrons. The van der Waals surface area contributed by atoms with E-state index in [0.717, 1.165) is 37.6 Å². The highest BCUT2D eigenvalue weighted by atomic mass is 19.1. The van der Waals surface area contributed by atoms with Gasteiger partial charge in [0.1, 0.15) is 17.4 Å². The molecular formula is C20H22F2N4O. The predicted molar refractivity (Wildman–Crippen MR) is 99.7 cm³/mol. The van der Waals surface area contributed by atoms with Crippen LogP contribution in [0.15, 0.2) is 59.5 Å². The number of nitrogens with zero attached hydrogens (tertiary/aromatic N) is 2. The van der Waals surface area contributed by atoms with Crippen molar-refractivity contribution >= 4 is 5.69 Å². The van der Waals surface area contributed by atoms with E-state index in [4.69, 9.17) is 5.53 Å². The number of anilines is 1. The Hall–Kier alpha value is -2.80. The maximum absolute atomic E-state index is 13.7. The van der Waals surface area contributed by atoms with Crippen molar-refractivity contribution in [3.63, 3.8) is 0 Å². The Kier molecular flexibility index (Phi) is 6.13. The van der Waals surface area contributed by atoms with Crippen molar-refractivity contribution in [1.82, 2.24) is 4.90 Å². The molecular weight excluding hydrogens is 350 g/mol. The molecule has 142 valence electrons. The molecule has 0 unspecified atom stereocenters. The van der Waals surface area contributed by atoms with Crippen molar-refractivity contribution in [2.75, 3.05) is 25.0 Å². The Morgan fingerprint density at radius 2 is 2.00 bits per heavy atom. The summed E-state index contributed by atoms with van der Waals surface area (Å²) in [6.45, 7) is 2.17. The maximum atomic E-state index is 13.7. The highest BCUT2D eigenvalue weighted by Gasteiger charge is 2.21. The Morgan fingerprint density at radius 3 is 2.67 bits per heavy atom. The van der Waals surface area contributed by atoms with Gasteiger partial charge in [0.25, 0.3) is 0 Å². The normalized spacial score (nSPS) is 16.3. The zero-order chi connectivity index (χ0) is 19.2. The third-order valence-corrected chi connectivity index (χ3v) is 4.78. The molecule has 27 heavy (non-hydrogen) atoms. The fraction of sp³-hybridized carbons (Fsp3) is 0.300. The van der Waals surface area contributed by atoms with Gasteiger partial charge in [-0.1, -0.05) is 12.1 Å². The fourth-order valence-electron chi connectivity index (χ4n) is 3.31. The maximum Gasteiger partial charge on any atom is 0.149 e. The third kappa shape index (κ3) is 5.10. The van der Waals surface area contributed by atoms with Gasteiger partial charge >= 0.3 is 0 Å². The number of benzene rings is 2. The Labute approximate surface area is 156 Å². The van der Waals surface area contributed by atoms with Crippen LogP contribution < -0.4 is 5.32 Å². The summed E-state index contributed by atoms with van der Waals surface area (Å²) in [5, 5.41) is 15.9. The summed E-state index contributed by atoms with van der Waals surface area (Å²) in [5.74, 6) is -0.642. The van der Waals surface area contributed by atoms with Crippen molar-refractivity contribution in [2.45, 2.75) is 18.8 Å². The lowest BCUT2D eigenvalue weighted by Crippen LogP contribution is -2.34. The molecule has 0 spiro atoms. The largest absolute Gasteiger partial charge is 0.508 e. The van der Waals surface area contributed by atoms with Crippen molar-refractivity contribution in [2.24, 2.45) is 5.11 Å². The summed E-state index contributed by atoms with van der Waals surface area (Å²) < 4.78 is 26.6. The van der Waals surface area contributed by atoms with Gasteiger partial charge in [-0.05, 0) is 61.7 Å². The van der Waals surface area contributed by atoms with Gasteiger partial charge in [-0.2, -0.15) is 5.11 Å². The van der Waals surface area contributed by atoms with Gasteiger partial charge < -0.3 is 10.4 Å². The van der Waals surface area contributed by atoms with Crippen LogP contribution in [-0.2, 0) is 0 Å². The molecule has 2 aromatic rings. The molecule has 1 fully saturated rings. The number of halogens is 2. The molecule has 1 aliphatic heterocycles. The van der Waals surface area contributed by atoms with Gasteiger partial charge in [0.15, 0.2) is 0 Å². The number of piperidine rings is 1. The molecule has 0 bridgehead atoms. The van der Waals surface area contributed by atoms with E-state index in [0.29, 0.717) is 18.2 Å². The second-order valence-electron chi connectivity index (χ2n) is 6.66. The van der Waals surface area contributed by atoms with Gasteiger partial charge in [-0.25, -0.2) is 14.3 Å². The molecule has 3 N–H and O–H groups in total. The molecule has 1 heterocycles. The third-order valence-electron chi connectivity index (χ3n) is 4.78. The first-order valence-corrected chi connectivity index (χ1v) is 8.84. The Balaban J connectivity index is 1.55. The van der Waals surface area contributed by atoms with Crippen LogP contribution in [0.25, 0.3) is 0 Å². The fourth-order valence-corrected chi connectivity index (χ4v) is 3.31. The molecule has 0 aliphatic carbocycles. The topological polar surface area (TPSA) is 71.7 Å². The lowest BCUT2D eigenvalue weighted by Gasteiger charge is -2.32. The van der Waals surface area contributed by atoms with Crippen LogP contribution in [0.2, 0.25) is 0 Å². The van der Waals surface area contributed by atoms with Gasteiger partial charge in [0.05, 0.1) is 11.4 Å². The first-order chi connectivity index (χ1) is 13.0. The van der Waals surface area contributed by atoms with Crippen LogP contribution in [0, 0.1) is 17.2 Å². The van der Waals surface area contributed by atoms with Gasteiger partial charge in [-0.3, -0.25) is 4.90 Å². The SMILES string of the molecule is N=N/C(=C\Nc1ccc(F)cc1F)CN1CCC(c2cccc(O)c2)CC1. The van der Waals surface area contributed by atoms with Crippen molar-refractivity contribution < 1.29 is 13.9 Å². The molecule has 0 amide bonds. The summed E-state index contributed by atoms with van der Waals surface area (Å²) in [4.78, 5) is 2.19. The van der Waals surface area contributed by atoms with E-state index in [2.05, 4.69) is 15.3 Å². The van der Waals surface area contributed by atoms with Crippen molar-refractivity contribution in [3.05, 3.63) is 71.6 Å². The molecule has 1 aliphatic rings. The second kappa shape index (κ2) is 8.73. The number of rotatable bonds is 6. The first kappa shape index (κ1) is 19.0. The van der Waals surface area contributed by atoms with Crippen LogP contribution >= 0.6 is 0 Å². The van der Waals surface area contributed by atoms with E-state index in [1.165, 1.54) is 18.3 Å². The van der Waals surface area contributed by atoms with E-state index in [1.54, 1.807) is 6.07 Å². The molecule has 2 aromatic carbocycles. The summed E-state index contributed by atoms with van der Waals surface area (Å²) in [5.41, 5.74) is 9.09.